The van der Waals surface area contributed by atoms with E-state index in [0.29, 0.717) is 5.75 Å². The van der Waals surface area contributed by atoms with Crippen LogP contribution < -0.4 is 5.32 Å². The van der Waals surface area contributed by atoms with E-state index in [4.69, 9.17) is 0 Å². The summed E-state index contributed by atoms with van der Waals surface area (Å²) in [7, 11) is 0. The number of anilines is 1. The summed E-state index contributed by atoms with van der Waals surface area (Å²) in [4.78, 5) is 0. The van der Waals surface area contributed by atoms with E-state index in [9.17, 15) is 10.2 Å². The number of aryl methyl sites for hydroxylation is 1. The van der Waals surface area contributed by atoms with Gasteiger partial charge in [-0.25, -0.2) is 0 Å². The van der Waals surface area contributed by atoms with Crippen molar-refractivity contribution in [2.75, 3.05) is 11.9 Å². The Balaban J connectivity index is 2.76. The van der Waals surface area contributed by atoms with Crippen LogP contribution in [0.15, 0.2) is 12.1 Å². The van der Waals surface area contributed by atoms with E-state index in [1.807, 2.05) is 26.8 Å². The minimum atomic E-state index is -0.607. The van der Waals surface area contributed by atoms with E-state index < -0.39 is 5.60 Å². The van der Waals surface area contributed by atoms with Gasteiger partial charge in [-0.1, -0.05) is 13.3 Å². The largest absolute Gasteiger partial charge is 0.508 e. The molecule has 0 aliphatic carbocycles. The maximum Gasteiger partial charge on any atom is 0.119 e. The Hall–Kier alpha value is -1.22. The van der Waals surface area contributed by atoms with E-state index in [-0.39, 0.29) is 5.92 Å². The van der Waals surface area contributed by atoms with E-state index in [1.165, 1.54) is 0 Å². The summed E-state index contributed by atoms with van der Waals surface area (Å²) in [5, 5.41) is 23.2. The standard InChI is InChI=1S/C17H29NO2/c1-6-18-15-11-14(16(19)10-13(15)3)12(2)8-7-9-17(4,5)20/h10-12,18-20H,6-9H2,1-5H3/t12-/m0/s1. The summed E-state index contributed by atoms with van der Waals surface area (Å²) >= 11 is 0. The number of rotatable bonds is 7. The molecule has 3 N–H and O–H groups in total. The molecule has 0 aliphatic heterocycles. The van der Waals surface area contributed by atoms with Crippen LogP contribution in [-0.2, 0) is 0 Å². The predicted octanol–water partition coefficient (Wildman–Crippen LogP) is 4.18. The first-order valence-corrected chi connectivity index (χ1v) is 7.54. The van der Waals surface area contributed by atoms with Crippen LogP contribution in [0, 0.1) is 6.92 Å². The smallest absolute Gasteiger partial charge is 0.119 e. The van der Waals surface area contributed by atoms with Crippen molar-refractivity contribution >= 4 is 5.69 Å². The number of phenolic OH excluding ortho intramolecular Hbond substituents is 1. The molecule has 1 atom stereocenters. The molecule has 20 heavy (non-hydrogen) atoms. The Morgan fingerprint density at radius 3 is 2.50 bits per heavy atom. The molecule has 3 nitrogen and oxygen atoms in total. The Bertz CT molecular complexity index is 435. The van der Waals surface area contributed by atoms with Crippen molar-refractivity contribution in [1.29, 1.82) is 0 Å². The monoisotopic (exact) mass is 279 g/mol. The Kier molecular flexibility index (Phi) is 5.88. The van der Waals surface area contributed by atoms with E-state index in [1.54, 1.807) is 0 Å². The van der Waals surface area contributed by atoms with Crippen LogP contribution in [0.4, 0.5) is 5.69 Å². The van der Waals surface area contributed by atoms with Crippen molar-refractivity contribution < 1.29 is 10.2 Å². The maximum atomic E-state index is 10.1. The van der Waals surface area contributed by atoms with Gasteiger partial charge in [0.25, 0.3) is 0 Å². The summed E-state index contributed by atoms with van der Waals surface area (Å²) in [5.74, 6) is 0.662. The zero-order valence-electron chi connectivity index (χ0n) is 13.5. The SMILES string of the molecule is CCNc1cc([C@@H](C)CCCC(C)(C)O)c(O)cc1C. The Morgan fingerprint density at radius 2 is 1.95 bits per heavy atom. The number of phenols is 1. The lowest BCUT2D eigenvalue weighted by molar-refractivity contribution is 0.0678. The number of hydrogen-bond acceptors (Lipinski definition) is 3. The van der Waals surface area contributed by atoms with Gasteiger partial charge in [-0.05, 0) is 69.7 Å². The highest BCUT2D eigenvalue weighted by atomic mass is 16.3. The third-order valence-corrected chi connectivity index (χ3v) is 3.70. The van der Waals surface area contributed by atoms with Crippen molar-refractivity contribution in [3.63, 3.8) is 0 Å². The van der Waals surface area contributed by atoms with Crippen LogP contribution in [0.3, 0.4) is 0 Å². The fourth-order valence-electron chi connectivity index (χ4n) is 2.48. The molecule has 114 valence electrons. The van der Waals surface area contributed by atoms with E-state index in [0.717, 1.165) is 42.6 Å². The summed E-state index contributed by atoms with van der Waals surface area (Å²) in [6, 6.07) is 3.89. The van der Waals surface area contributed by atoms with Gasteiger partial charge < -0.3 is 15.5 Å². The number of aliphatic hydroxyl groups is 1. The first-order chi connectivity index (χ1) is 9.24. The lowest BCUT2D eigenvalue weighted by Crippen LogP contribution is -2.18. The molecule has 1 aromatic rings. The van der Waals surface area contributed by atoms with Gasteiger partial charge >= 0.3 is 0 Å². The van der Waals surface area contributed by atoms with Gasteiger partial charge in [0.1, 0.15) is 5.75 Å². The average molecular weight is 279 g/mol. The highest BCUT2D eigenvalue weighted by molar-refractivity contribution is 5.57. The molecule has 0 spiro atoms. The van der Waals surface area contributed by atoms with Crippen LogP contribution in [0.5, 0.6) is 5.75 Å². The number of nitrogens with one attached hydrogen (secondary N) is 1. The van der Waals surface area contributed by atoms with Gasteiger partial charge in [0.15, 0.2) is 0 Å². The molecular weight excluding hydrogens is 250 g/mol. The van der Waals surface area contributed by atoms with Crippen LogP contribution in [0.1, 0.15) is 64.0 Å². The molecule has 0 bridgehead atoms. The summed E-state index contributed by atoms with van der Waals surface area (Å²) in [6.45, 7) is 10.7. The summed E-state index contributed by atoms with van der Waals surface area (Å²) < 4.78 is 0. The van der Waals surface area contributed by atoms with Crippen LogP contribution in [0.2, 0.25) is 0 Å². The highest BCUT2D eigenvalue weighted by Crippen LogP contribution is 2.34. The first kappa shape index (κ1) is 16.8. The lowest BCUT2D eigenvalue weighted by atomic mass is 9.91. The van der Waals surface area contributed by atoms with Crippen LogP contribution in [0.25, 0.3) is 0 Å². The van der Waals surface area contributed by atoms with Gasteiger partial charge in [0.05, 0.1) is 5.60 Å². The Morgan fingerprint density at radius 1 is 1.30 bits per heavy atom. The second-order valence-electron chi connectivity index (χ2n) is 6.36. The van der Waals surface area contributed by atoms with E-state index >= 15 is 0 Å². The van der Waals surface area contributed by atoms with Crippen LogP contribution in [-0.4, -0.2) is 22.4 Å². The van der Waals surface area contributed by atoms with Gasteiger partial charge in [-0.15, -0.1) is 0 Å². The maximum absolute atomic E-state index is 10.1. The number of aromatic hydroxyl groups is 1. The zero-order valence-corrected chi connectivity index (χ0v) is 13.5. The second-order valence-corrected chi connectivity index (χ2v) is 6.36. The van der Waals surface area contributed by atoms with Gasteiger partial charge in [-0.2, -0.15) is 0 Å². The molecule has 1 aromatic carbocycles. The average Bonchev–Trinajstić information content (AvgIpc) is 2.31. The molecule has 0 fully saturated rings. The predicted molar refractivity (Wildman–Crippen MR) is 85.6 cm³/mol. The van der Waals surface area contributed by atoms with Gasteiger partial charge in [0, 0.05) is 12.2 Å². The molecule has 0 saturated carbocycles. The Labute approximate surface area is 123 Å². The molecule has 0 heterocycles. The minimum absolute atomic E-state index is 0.287. The third-order valence-electron chi connectivity index (χ3n) is 3.70. The summed E-state index contributed by atoms with van der Waals surface area (Å²) in [5.41, 5.74) is 2.54. The minimum Gasteiger partial charge on any atom is -0.508 e. The molecule has 3 heteroatoms. The third kappa shape index (κ3) is 5.04. The molecule has 0 unspecified atom stereocenters. The van der Waals surface area contributed by atoms with Crippen molar-refractivity contribution in [3.05, 3.63) is 23.3 Å². The van der Waals surface area contributed by atoms with E-state index in [2.05, 4.69) is 25.2 Å². The zero-order chi connectivity index (χ0) is 15.3. The molecule has 0 aliphatic rings. The van der Waals surface area contributed by atoms with Crippen molar-refractivity contribution in [3.8, 4) is 5.75 Å². The molecule has 0 radical (unpaired) electrons. The molecular formula is C17H29NO2. The molecule has 1 rings (SSSR count). The van der Waals surface area contributed by atoms with Crippen LogP contribution >= 0.6 is 0 Å². The summed E-state index contributed by atoms with van der Waals surface area (Å²) in [6.07, 6.45) is 2.70. The van der Waals surface area contributed by atoms with Crippen molar-refractivity contribution in [1.82, 2.24) is 0 Å². The molecule has 0 aromatic heterocycles. The van der Waals surface area contributed by atoms with Crippen molar-refractivity contribution in [2.24, 2.45) is 0 Å². The number of hydrogen-bond donors (Lipinski definition) is 3. The van der Waals surface area contributed by atoms with Crippen molar-refractivity contribution in [2.45, 2.75) is 65.4 Å². The lowest BCUT2D eigenvalue weighted by Gasteiger charge is -2.20. The second kappa shape index (κ2) is 6.98. The first-order valence-electron chi connectivity index (χ1n) is 7.54. The topological polar surface area (TPSA) is 52.5 Å². The van der Waals surface area contributed by atoms with Gasteiger partial charge in [-0.3, -0.25) is 0 Å². The molecule has 0 amide bonds. The normalized spacial score (nSPS) is 13.3. The van der Waals surface area contributed by atoms with Gasteiger partial charge in [0.2, 0.25) is 0 Å². The number of benzene rings is 1. The fraction of sp³-hybridized carbons (Fsp3) is 0.647. The fourth-order valence-corrected chi connectivity index (χ4v) is 2.48. The quantitative estimate of drug-likeness (QED) is 0.656. The molecule has 0 saturated heterocycles. The highest BCUT2D eigenvalue weighted by Gasteiger charge is 2.16.